The molecule has 104 heavy (non-hydrogen) atoms. The fraction of sp³-hybridized carbons (Fsp3) is 0. The van der Waals surface area contributed by atoms with Crippen molar-refractivity contribution in [2.75, 3.05) is 0 Å². The zero-order chi connectivity index (χ0) is 69.1. The van der Waals surface area contributed by atoms with E-state index >= 15 is 0 Å². The third-order valence-electron chi connectivity index (χ3n) is 19.2. The molecule has 14 aromatic carbocycles. The highest BCUT2D eigenvalue weighted by Crippen LogP contribution is 2.47. The predicted molar refractivity (Wildman–Crippen MR) is 425 cm³/mol. The lowest BCUT2D eigenvalue weighted by molar-refractivity contribution is 1.07. The van der Waals surface area contributed by atoms with Crippen LogP contribution in [-0.4, -0.2) is 39.9 Å². The van der Waals surface area contributed by atoms with Gasteiger partial charge >= 0.3 is 0 Å². The highest BCUT2D eigenvalue weighted by molar-refractivity contribution is 6.22. The first-order chi connectivity index (χ1) is 51.6. The summed E-state index contributed by atoms with van der Waals surface area (Å²) in [5.41, 5.74) is 25.2. The summed E-state index contributed by atoms with van der Waals surface area (Å²) in [4.78, 5) is 42.9. The molecular formula is C96H62N8. The van der Waals surface area contributed by atoms with E-state index in [9.17, 15) is 0 Å². The Morgan fingerprint density at radius 3 is 0.788 bits per heavy atom. The van der Waals surface area contributed by atoms with E-state index in [0.29, 0.717) is 17.5 Å². The van der Waals surface area contributed by atoms with Crippen molar-refractivity contribution in [3.63, 3.8) is 0 Å². The fourth-order valence-corrected chi connectivity index (χ4v) is 14.2. The van der Waals surface area contributed by atoms with E-state index in [-0.39, 0.29) is 0 Å². The number of benzene rings is 14. The molecule has 0 fully saturated rings. The Labute approximate surface area is 602 Å². The van der Waals surface area contributed by atoms with Gasteiger partial charge in [-0.3, -0.25) is 4.98 Å². The van der Waals surface area contributed by atoms with Gasteiger partial charge < -0.3 is 0 Å². The van der Waals surface area contributed by atoms with Gasteiger partial charge in [0.2, 0.25) is 0 Å². The molecule has 486 valence electrons. The minimum absolute atomic E-state index is 0.531. The smallest absolute Gasteiger partial charge is 0.164 e. The van der Waals surface area contributed by atoms with E-state index in [1.807, 2.05) is 122 Å². The van der Waals surface area contributed by atoms with E-state index < -0.39 is 0 Å². The van der Waals surface area contributed by atoms with E-state index in [1.54, 1.807) is 0 Å². The minimum atomic E-state index is 0.531. The van der Waals surface area contributed by atoms with Crippen LogP contribution in [0.3, 0.4) is 0 Å². The molecule has 4 heterocycles. The summed E-state index contributed by atoms with van der Waals surface area (Å²) < 4.78 is 0. The summed E-state index contributed by atoms with van der Waals surface area (Å²) in [5.74, 6) is 1.64. The molecule has 4 aromatic heterocycles. The average molecular weight is 1330 g/mol. The van der Waals surface area contributed by atoms with E-state index in [4.69, 9.17) is 34.9 Å². The first-order valence-corrected chi connectivity index (χ1v) is 34.9. The maximum absolute atomic E-state index is 5.68. The van der Waals surface area contributed by atoms with Crippen molar-refractivity contribution in [1.29, 1.82) is 0 Å². The van der Waals surface area contributed by atoms with Crippen molar-refractivity contribution >= 4 is 21.5 Å². The van der Waals surface area contributed by atoms with Gasteiger partial charge in [-0.05, 0) is 96.9 Å². The van der Waals surface area contributed by atoms with Crippen LogP contribution in [0.4, 0.5) is 0 Å². The van der Waals surface area contributed by atoms with Crippen molar-refractivity contribution < 1.29 is 0 Å². The molecule has 0 amide bonds. The van der Waals surface area contributed by atoms with Crippen LogP contribution in [-0.2, 0) is 0 Å². The lowest BCUT2D eigenvalue weighted by Gasteiger charge is -2.20. The molecule has 0 radical (unpaired) electrons. The third kappa shape index (κ3) is 12.1. The van der Waals surface area contributed by atoms with Crippen LogP contribution in [0.15, 0.2) is 376 Å². The summed E-state index contributed by atoms with van der Waals surface area (Å²) >= 11 is 0. The molecule has 0 saturated heterocycles. The average Bonchev–Trinajstić information content (AvgIpc) is 0.734. The SMILES string of the molecule is c1ccc(-c2nc(-c3cccc(-c4cccc(-c5ccc6c(-c7cccnc7)c7ccccc7c(-c7cccc(-c8nc(-c9ccccc9)c(-c9ccccc9)nc8-c8ccccc8)c7)c6c5)c4)c3)nc(-c3cccc(-c4nc(-c5ccccc5)c(-c5ccccc5)nc4-c4ccccc4)c3)n2)cc1. The number of nitrogens with zero attached hydrogens (tertiary/aromatic N) is 8. The van der Waals surface area contributed by atoms with Crippen molar-refractivity contribution in [3.8, 4) is 169 Å². The zero-order valence-electron chi connectivity index (χ0n) is 56.4. The lowest BCUT2D eigenvalue weighted by Crippen LogP contribution is -2.02. The molecular weight excluding hydrogens is 1270 g/mol. The van der Waals surface area contributed by atoms with Crippen LogP contribution >= 0.6 is 0 Å². The molecule has 8 heteroatoms. The highest BCUT2D eigenvalue weighted by Gasteiger charge is 2.25. The van der Waals surface area contributed by atoms with Crippen LogP contribution < -0.4 is 0 Å². The van der Waals surface area contributed by atoms with Crippen LogP contribution in [0.1, 0.15) is 0 Å². The van der Waals surface area contributed by atoms with Gasteiger partial charge in [-0.15, -0.1) is 0 Å². The number of rotatable bonds is 15. The van der Waals surface area contributed by atoms with Gasteiger partial charge in [-0.25, -0.2) is 34.9 Å². The molecule has 18 aromatic rings. The quantitative estimate of drug-likeness (QED) is 0.0935. The van der Waals surface area contributed by atoms with E-state index in [1.165, 1.54) is 0 Å². The fourth-order valence-electron chi connectivity index (χ4n) is 14.2. The number of hydrogen-bond acceptors (Lipinski definition) is 8. The molecule has 8 nitrogen and oxygen atoms in total. The van der Waals surface area contributed by atoms with E-state index in [2.05, 4.69) is 260 Å². The van der Waals surface area contributed by atoms with Gasteiger partial charge in [0.15, 0.2) is 17.5 Å². The van der Waals surface area contributed by atoms with Crippen LogP contribution in [0.25, 0.3) is 190 Å². The number of pyridine rings is 1. The number of fused-ring (bicyclic) bond motifs is 2. The maximum atomic E-state index is 5.68. The molecule has 0 aliphatic rings. The summed E-state index contributed by atoms with van der Waals surface area (Å²) in [7, 11) is 0. The summed E-state index contributed by atoms with van der Waals surface area (Å²) in [6, 6.07) is 127. The van der Waals surface area contributed by atoms with Crippen LogP contribution in [0.5, 0.6) is 0 Å². The maximum Gasteiger partial charge on any atom is 0.164 e. The van der Waals surface area contributed by atoms with E-state index in [0.717, 1.165) is 173 Å². The van der Waals surface area contributed by atoms with Crippen molar-refractivity contribution in [3.05, 3.63) is 376 Å². The molecule has 0 unspecified atom stereocenters. The summed E-state index contributed by atoms with van der Waals surface area (Å²) in [5, 5.41) is 4.48. The Balaban J connectivity index is 0.753. The molecule has 18 rings (SSSR count). The van der Waals surface area contributed by atoms with Gasteiger partial charge in [-0.2, -0.15) is 0 Å². The molecule has 0 aliphatic carbocycles. The summed E-state index contributed by atoms with van der Waals surface area (Å²) in [6.07, 6.45) is 3.81. The standard InChI is InChI=1S/C96H62N8/c1-8-29-63(30-9-1)86-88(65-33-12-3-13-34-65)100-92(90(98-86)67-37-16-5-17-38-67)75-47-26-46-74(59-75)84-80-52-22-23-53-81(80)85(79-51-28-56-97-62-79)82-55-54-73(61-83(82)84)71-44-24-43-70(57-71)72-45-25-49-77(58-72)95-102-94(69-41-20-7-21-42-69)103-96(104-95)78-50-27-48-76(60-78)93-91(68-39-18-6-19-40-68)99-87(64-31-10-2-11-32-64)89(101-93)66-35-14-4-15-36-66/h1-62H. The van der Waals surface area contributed by atoms with Crippen LogP contribution in [0.2, 0.25) is 0 Å². The topological polar surface area (TPSA) is 103 Å². The largest absolute Gasteiger partial charge is 0.264 e. The monoisotopic (exact) mass is 1330 g/mol. The second-order valence-corrected chi connectivity index (χ2v) is 25.7. The molecule has 0 saturated carbocycles. The van der Waals surface area contributed by atoms with Gasteiger partial charge in [0, 0.05) is 79.2 Å². The molecule has 0 N–H and O–H groups in total. The Hall–Kier alpha value is -14.1. The Kier molecular flexibility index (Phi) is 16.5. The predicted octanol–water partition coefficient (Wildman–Crippen LogP) is 24.2. The molecule has 0 aliphatic heterocycles. The van der Waals surface area contributed by atoms with Crippen LogP contribution in [0, 0.1) is 0 Å². The summed E-state index contributed by atoms with van der Waals surface area (Å²) in [6.45, 7) is 0. The number of hydrogen-bond donors (Lipinski definition) is 0. The second kappa shape index (κ2) is 27.6. The van der Waals surface area contributed by atoms with Gasteiger partial charge in [0.25, 0.3) is 0 Å². The van der Waals surface area contributed by atoms with Crippen molar-refractivity contribution in [2.45, 2.75) is 0 Å². The Morgan fingerprint density at radius 2 is 0.404 bits per heavy atom. The van der Waals surface area contributed by atoms with Gasteiger partial charge in [-0.1, -0.05) is 328 Å². The lowest BCUT2D eigenvalue weighted by atomic mass is 9.84. The minimum Gasteiger partial charge on any atom is -0.264 e. The normalized spacial score (nSPS) is 11.3. The molecule has 0 spiro atoms. The molecule has 0 atom stereocenters. The zero-order valence-corrected chi connectivity index (χ0v) is 56.4. The third-order valence-corrected chi connectivity index (χ3v) is 19.2. The van der Waals surface area contributed by atoms with Crippen molar-refractivity contribution in [2.24, 2.45) is 0 Å². The van der Waals surface area contributed by atoms with Gasteiger partial charge in [0.05, 0.1) is 45.6 Å². The first-order valence-electron chi connectivity index (χ1n) is 34.9. The Morgan fingerprint density at radius 1 is 0.144 bits per heavy atom. The highest BCUT2D eigenvalue weighted by atomic mass is 15.0. The Bertz CT molecular complexity index is 6180. The van der Waals surface area contributed by atoms with Gasteiger partial charge in [0.1, 0.15) is 0 Å². The first kappa shape index (κ1) is 62.2. The second-order valence-electron chi connectivity index (χ2n) is 25.7. The molecule has 0 bridgehead atoms. The van der Waals surface area contributed by atoms with Crippen molar-refractivity contribution in [1.82, 2.24) is 39.9 Å². The number of aromatic nitrogens is 8.